The van der Waals surface area contributed by atoms with Crippen molar-refractivity contribution < 1.29 is 28.0 Å². The van der Waals surface area contributed by atoms with Gasteiger partial charge in [-0.1, -0.05) is 0 Å². The van der Waals surface area contributed by atoms with Crippen molar-refractivity contribution in [3.8, 4) is 5.88 Å². The SMILES string of the molecule is Cc1c(B2OC(C)(C)C(C)(C)O2)cnc2c1N(C(=O)OC(C)(C)C)CC(F)O2. The first-order chi connectivity index (χ1) is 12.7. The van der Waals surface area contributed by atoms with Gasteiger partial charge in [0.05, 0.1) is 17.7 Å². The van der Waals surface area contributed by atoms with Crippen LogP contribution in [0.5, 0.6) is 5.88 Å². The van der Waals surface area contributed by atoms with E-state index in [2.05, 4.69) is 4.98 Å². The predicted octanol–water partition coefficient (Wildman–Crippen LogP) is 3.12. The number of hydrogen-bond acceptors (Lipinski definition) is 6. The molecule has 1 amide bonds. The van der Waals surface area contributed by atoms with Gasteiger partial charge in [-0.2, -0.15) is 4.39 Å². The van der Waals surface area contributed by atoms with Crippen LogP contribution in [0.25, 0.3) is 0 Å². The Kier molecular flexibility index (Phi) is 4.91. The van der Waals surface area contributed by atoms with E-state index in [-0.39, 0.29) is 12.4 Å². The summed E-state index contributed by atoms with van der Waals surface area (Å²) in [4.78, 5) is 18.2. The number of amides is 1. The molecule has 1 saturated heterocycles. The van der Waals surface area contributed by atoms with E-state index in [4.69, 9.17) is 18.8 Å². The van der Waals surface area contributed by atoms with Gasteiger partial charge >= 0.3 is 13.2 Å². The molecule has 0 radical (unpaired) electrons. The molecule has 1 aromatic rings. The van der Waals surface area contributed by atoms with Gasteiger partial charge in [-0.15, -0.1) is 0 Å². The van der Waals surface area contributed by atoms with Crippen LogP contribution in [0.15, 0.2) is 6.20 Å². The summed E-state index contributed by atoms with van der Waals surface area (Å²) < 4.78 is 37.0. The van der Waals surface area contributed by atoms with Gasteiger partial charge in [0, 0.05) is 11.7 Å². The maximum absolute atomic E-state index is 14.1. The third-order valence-corrected chi connectivity index (χ3v) is 5.27. The van der Waals surface area contributed by atoms with Crippen molar-refractivity contribution >= 4 is 24.4 Å². The molecule has 9 heteroatoms. The molecule has 0 saturated carbocycles. The Bertz CT molecular complexity index is 777. The lowest BCUT2D eigenvalue weighted by molar-refractivity contribution is 0.00578. The van der Waals surface area contributed by atoms with E-state index < -0.39 is 36.4 Å². The van der Waals surface area contributed by atoms with Gasteiger partial charge in [0.2, 0.25) is 5.88 Å². The van der Waals surface area contributed by atoms with E-state index in [1.54, 1.807) is 33.9 Å². The number of alkyl halides is 1. The van der Waals surface area contributed by atoms with Crippen molar-refractivity contribution in [3.63, 3.8) is 0 Å². The molecular weight excluding hydrogens is 366 g/mol. The Morgan fingerprint density at radius 3 is 2.39 bits per heavy atom. The molecule has 0 N–H and O–H groups in total. The standard InChI is InChI=1S/C19H28BFN2O5/c1-11-12(20-27-18(5,6)19(7,8)28-20)9-22-15-14(11)23(10-13(21)25-15)16(24)26-17(2,3)4/h9,13H,10H2,1-8H3. The Hall–Kier alpha value is -1.87. The fourth-order valence-electron chi connectivity index (χ4n) is 3.07. The van der Waals surface area contributed by atoms with Crippen molar-refractivity contribution in [2.45, 2.75) is 78.6 Å². The molecule has 0 spiro atoms. The second-order valence-electron chi connectivity index (χ2n) is 9.20. The van der Waals surface area contributed by atoms with Crippen molar-refractivity contribution in [1.82, 2.24) is 4.98 Å². The highest BCUT2D eigenvalue weighted by atomic mass is 19.1. The normalized spacial score (nSPS) is 23.2. The lowest BCUT2D eigenvalue weighted by Gasteiger charge is -2.34. The fourth-order valence-corrected chi connectivity index (χ4v) is 3.07. The van der Waals surface area contributed by atoms with Crippen LogP contribution < -0.4 is 15.1 Å². The van der Waals surface area contributed by atoms with E-state index in [1.165, 1.54) is 4.90 Å². The van der Waals surface area contributed by atoms with Gasteiger partial charge < -0.3 is 18.8 Å². The molecule has 1 atom stereocenters. The first kappa shape index (κ1) is 20.9. The third-order valence-electron chi connectivity index (χ3n) is 5.27. The summed E-state index contributed by atoms with van der Waals surface area (Å²) in [6.45, 7) is 14.6. The smallest absolute Gasteiger partial charge is 0.443 e. The summed E-state index contributed by atoms with van der Waals surface area (Å²) >= 11 is 0. The van der Waals surface area contributed by atoms with Crippen molar-refractivity contribution in [3.05, 3.63) is 11.8 Å². The van der Waals surface area contributed by atoms with E-state index in [1.807, 2.05) is 27.7 Å². The van der Waals surface area contributed by atoms with Crippen LogP contribution in [0.4, 0.5) is 14.9 Å². The minimum Gasteiger partial charge on any atom is -0.443 e. The average molecular weight is 394 g/mol. The van der Waals surface area contributed by atoms with Crippen LogP contribution in [0.1, 0.15) is 54.0 Å². The van der Waals surface area contributed by atoms with Crippen molar-refractivity contribution in [2.75, 3.05) is 11.4 Å². The van der Waals surface area contributed by atoms with Gasteiger partial charge in [-0.05, 0) is 61.0 Å². The highest BCUT2D eigenvalue weighted by Gasteiger charge is 2.52. The molecule has 28 heavy (non-hydrogen) atoms. The molecular formula is C19H28BFN2O5. The molecule has 154 valence electrons. The van der Waals surface area contributed by atoms with E-state index in [0.717, 1.165) is 0 Å². The van der Waals surface area contributed by atoms with E-state index in [9.17, 15) is 9.18 Å². The number of anilines is 1. The summed E-state index contributed by atoms with van der Waals surface area (Å²) in [5, 5.41) is 0. The zero-order valence-corrected chi connectivity index (χ0v) is 17.8. The van der Waals surface area contributed by atoms with E-state index in [0.29, 0.717) is 16.7 Å². The maximum Gasteiger partial charge on any atom is 0.496 e. The fraction of sp³-hybridized carbons (Fsp3) is 0.684. The number of fused-ring (bicyclic) bond motifs is 1. The first-order valence-corrected chi connectivity index (χ1v) is 9.38. The van der Waals surface area contributed by atoms with Gasteiger partial charge in [0.1, 0.15) is 11.3 Å². The highest BCUT2D eigenvalue weighted by Crippen LogP contribution is 2.39. The molecule has 3 rings (SSSR count). The Morgan fingerprint density at radius 1 is 1.29 bits per heavy atom. The summed E-state index contributed by atoms with van der Waals surface area (Å²) in [7, 11) is -0.661. The number of nitrogens with zero attached hydrogens (tertiary/aromatic N) is 2. The Morgan fingerprint density at radius 2 is 1.86 bits per heavy atom. The second-order valence-corrected chi connectivity index (χ2v) is 9.20. The number of pyridine rings is 1. The largest absolute Gasteiger partial charge is 0.496 e. The Balaban J connectivity index is 2.01. The maximum atomic E-state index is 14.1. The molecule has 2 aliphatic rings. The number of ether oxygens (including phenoxy) is 2. The molecule has 0 bridgehead atoms. The highest BCUT2D eigenvalue weighted by molar-refractivity contribution is 6.62. The van der Waals surface area contributed by atoms with Crippen LogP contribution >= 0.6 is 0 Å². The van der Waals surface area contributed by atoms with Gasteiger partial charge in [-0.25, -0.2) is 9.78 Å². The summed E-state index contributed by atoms with van der Waals surface area (Å²) in [5.74, 6) is 0.0439. The quantitative estimate of drug-likeness (QED) is 0.682. The number of carbonyl (C=O) groups is 1. The predicted molar refractivity (Wildman–Crippen MR) is 104 cm³/mol. The summed E-state index contributed by atoms with van der Waals surface area (Å²) in [6.07, 6.45) is -0.799. The summed E-state index contributed by atoms with van der Waals surface area (Å²) in [6, 6.07) is 0. The monoisotopic (exact) mass is 394 g/mol. The molecule has 3 heterocycles. The number of rotatable bonds is 1. The lowest BCUT2D eigenvalue weighted by atomic mass is 9.77. The number of hydrogen-bond donors (Lipinski definition) is 0. The zero-order valence-electron chi connectivity index (χ0n) is 17.8. The molecule has 1 aromatic heterocycles. The average Bonchev–Trinajstić information content (AvgIpc) is 2.72. The number of halogens is 1. The molecule has 2 aliphatic heterocycles. The molecule has 0 aliphatic carbocycles. The van der Waals surface area contributed by atoms with Gasteiger partial charge in [0.15, 0.2) is 0 Å². The van der Waals surface area contributed by atoms with Crippen LogP contribution in [0, 0.1) is 6.92 Å². The Labute approximate surface area is 165 Å². The molecule has 7 nitrogen and oxygen atoms in total. The topological polar surface area (TPSA) is 70.1 Å². The molecule has 1 unspecified atom stereocenters. The van der Waals surface area contributed by atoms with Crippen LogP contribution in [0.2, 0.25) is 0 Å². The third kappa shape index (κ3) is 3.69. The first-order valence-electron chi connectivity index (χ1n) is 9.38. The minimum absolute atomic E-state index is 0.0439. The van der Waals surface area contributed by atoms with Gasteiger partial charge in [0.25, 0.3) is 6.36 Å². The number of aromatic nitrogens is 1. The van der Waals surface area contributed by atoms with Crippen molar-refractivity contribution in [2.24, 2.45) is 0 Å². The lowest BCUT2D eigenvalue weighted by Crippen LogP contribution is -2.47. The van der Waals surface area contributed by atoms with Crippen LogP contribution in [0.3, 0.4) is 0 Å². The van der Waals surface area contributed by atoms with Crippen LogP contribution in [-0.4, -0.2) is 47.9 Å². The minimum atomic E-state index is -1.69. The summed E-state index contributed by atoms with van der Waals surface area (Å²) in [5.41, 5.74) is -0.0634. The number of carbonyl (C=O) groups excluding carboxylic acids is 1. The molecule has 0 aromatic carbocycles. The second kappa shape index (κ2) is 6.59. The van der Waals surface area contributed by atoms with Crippen LogP contribution in [-0.2, 0) is 14.0 Å². The zero-order chi connectivity index (χ0) is 21.1. The van der Waals surface area contributed by atoms with Gasteiger partial charge in [-0.3, -0.25) is 4.90 Å². The molecule has 1 fully saturated rings. The van der Waals surface area contributed by atoms with Crippen molar-refractivity contribution in [1.29, 1.82) is 0 Å². The van der Waals surface area contributed by atoms with E-state index >= 15 is 0 Å².